The molecule has 2 saturated heterocycles. The highest BCUT2D eigenvalue weighted by Gasteiger charge is 2.21. The Morgan fingerprint density at radius 1 is 1.20 bits per heavy atom. The standard InChI is InChI=1S/C15H29N3O2/c1-2-8-17-9-11-18(12-10-17)15(19)5-13-20-14-3-6-16-7-4-14/h14,16H,2-13H2,1H3. The number of piperazine rings is 1. The normalized spacial score (nSPS) is 22.1. The number of piperidine rings is 1. The molecule has 1 amide bonds. The van der Waals surface area contributed by atoms with Gasteiger partial charge in [0.25, 0.3) is 0 Å². The Labute approximate surface area is 122 Å². The number of carbonyl (C=O) groups excluding carboxylic acids is 1. The molecule has 2 aliphatic heterocycles. The molecule has 20 heavy (non-hydrogen) atoms. The van der Waals surface area contributed by atoms with Crippen molar-refractivity contribution in [1.82, 2.24) is 15.1 Å². The van der Waals surface area contributed by atoms with E-state index in [9.17, 15) is 4.79 Å². The number of hydrogen-bond acceptors (Lipinski definition) is 4. The van der Waals surface area contributed by atoms with Crippen LogP contribution in [0.5, 0.6) is 0 Å². The Hall–Kier alpha value is -0.650. The molecule has 0 spiro atoms. The van der Waals surface area contributed by atoms with Crippen molar-refractivity contribution in [3.63, 3.8) is 0 Å². The molecule has 0 aromatic heterocycles. The van der Waals surface area contributed by atoms with Gasteiger partial charge in [0.15, 0.2) is 0 Å². The third-order valence-electron chi connectivity index (χ3n) is 4.22. The highest BCUT2D eigenvalue weighted by atomic mass is 16.5. The summed E-state index contributed by atoms with van der Waals surface area (Å²) in [7, 11) is 0. The van der Waals surface area contributed by atoms with E-state index < -0.39 is 0 Å². The van der Waals surface area contributed by atoms with Crippen molar-refractivity contribution < 1.29 is 9.53 Å². The summed E-state index contributed by atoms with van der Waals surface area (Å²) in [6.45, 7) is 9.83. The third-order valence-corrected chi connectivity index (χ3v) is 4.22. The summed E-state index contributed by atoms with van der Waals surface area (Å²) in [6.07, 6.45) is 4.23. The molecule has 0 bridgehead atoms. The molecule has 0 saturated carbocycles. The zero-order valence-corrected chi connectivity index (χ0v) is 12.8. The fourth-order valence-corrected chi connectivity index (χ4v) is 2.97. The average molecular weight is 283 g/mol. The average Bonchev–Trinajstić information content (AvgIpc) is 2.49. The molecule has 5 nitrogen and oxygen atoms in total. The largest absolute Gasteiger partial charge is 0.378 e. The fourth-order valence-electron chi connectivity index (χ4n) is 2.97. The van der Waals surface area contributed by atoms with Crippen LogP contribution in [-0.4, -0.2) is 74.2 Å². The van der Waals surface area contributed by atoms with Gasteiger partial charge in [-0.15, -0.1) is 0 Å². The van der Waals surface area contributed by atoms with Gasteiger partial charge in [-0.3, -0.25) is 9.69 Å². The van der Waals surface area contributed by atoms with Crippen LogP contribution < -0.4 is 5.32 Å². The van der Waals surface area contributed by atoms with Crippen molar-refractivity contribution in [3.05, 3.63) is 0 Å². The number of hydrogen-bond donors (Lipinski definition) is 1. The monoisotopic (exact) mass is 283 g/mol. The van der Waals surface area contributed by atoms with Crippen molar-refractivity contribution in [2.75, 3.05) is 52.4 Å². The molecule has 1 N–H and O–H groups in total. The molecule has 2 fully saturated rings. The second kappa shape index (κ2) is 8.60. The Balaban J connectivity index is 1.58. The third kappa shape index (κ3) is 5.04. The number of ether oxygens (including phenoxy) is 1. The maximum absolute atomic E-state index is 12.1. The molecule has 0 atom stereocenters. The summed E-state index contributed by atoms with van der Waals surface area (Å²) in [5.74, 6) is 0.259. The predicted octanol–water partition coefficient (Wildman–Crippen LogP) is 0.699. The second-order valence-electron chi connectivity index (χ2n) is 5.79. The van der Waals surface area contributed by atoms with Crippen LogP contribution in [0.3, 0.4) is 0 Å². The van der Waals surface area contributed by atoms with Gasteiger partial charge in [0.05, 0.1) is 19.1 Å². The van der Waals surface area contributed by atoms with Crippen LogP contribution in [0.25, 0.3) is 0 Å². The Morgan fingerprint density at radius 3 is 2.55 bits per heavy atom. The first-order valence-corrected chi connectivity index (χ1v) is 8.12. The molecular formula is C15H29N3O2. The van der Waals surface area contributed by atoms with Gasteiger partial charge in [-0.25, -0.2) is 0 Å². The quantitative estimate of drug-likeness (QED) is 0.779. The topological polar surface area (TPSA) is 44.8 Å². The summed E-state index contributed by atoms with van der Waals surface area (Å²) >= 11 is 0. The molecule has 2 heterocycles. The lowest BCUT2D eigenvalue weighted by Gasteiger charge is -2.34. The van der Waals surface area contributed by atoms with Gasteiger partial charge in [-0.05, 0) is 38.9 Å². The molecule has 5 heteroatoms. The molecule has 0 aliphatic carbocycles. The summed E-state index contributed by atoms with van der Waals surface area (Å²) < 4.78 is 5.81. The lowest BCUT2D eigenvalue weighted by Crippen LogP contribution is -2.49. The van der Waals surface area contributed by atoms with Gasteiger partial charge in [-0.1, -0.05) is 6.92 Å². The molecule has 2 aliphatic rings. The van der Waals surface area contributed by atoms with Crippen LogP contribution in [0, 0.1) is 0 Å². The van der Waals surface area contributed by atoms with Gasteiger partial charge >= 0.3 is 0 Å². The van der Waals surface area contributed by atoms with Gasteiger partial charge in [0.1, 0.15) is 0 Å². The number of nitrogens with one attached hydrogen (secondary N) is 1. The highest BCUT2D eigenvalue weighted by molar-refractivity contribution is 5.76. The fraction of sp³-hybridized carbons (Fsp3) is 0.933. The number of carbonyl (C=O) groups is 1. The van der Waals surface area contributed by atoms with Crippen molar-refractivity contribution in [1.29, 1.82) is 0 Å². The van der Waals surface area contributed by atoms with E-state index in [1.807, 2.05) is 4.90 Å². The minimum atomic E-state index is 0.259. The van der Waals surface area contributed by atoms with Crippen LogP contribution >= 0.6 is 0 Å². The van der Waals surface area contributed by atoms with E-state index in [-0.39, 0.29) is 5.91 Å². The summed E-state index contributed by atoms with van der Waals surface area (Å²) in [5.41, 5.74) is 0. The summed E-state index contributed by atoms with van der Waals surface area (Å²) in [5, 5.41) is 3.32. The maximum Gasteiger partial charge on any atom is 0.224 e. The molecule has 0 unspecified atom stereocenters. The molecule has 0 aromatic carbocycles. The van der Waals surface area contributed by atoms with Crippen LogP contribution in [-0.2, 0) is 9.53 Å². The van der Waals surface area contributed by atoms with E-state index in [0.717, 1.165) is 58.7 Å². The van der Waals surface area contributed by atoms with E-state index in [0.29, 0.717) is 19.1 Å². The predicted molar refractivity (Wildman–Crippen MR) is 79.8 cm³/mol. The first kappa shape index (κ1) is 15.7. The van der Waals surface area contributed by atoms with E-state index in [4.69, 9.17) is 4.74 Å². The Morgan fingerprint density at radius 2 is 1.90 bits per heavy atom. The first-order valence-electron chi connectivity index (χ1n) is 8.12. The lowest BCUT2D eigenvalue weighted by atomic mass is 10.1. The minimum absolute atomic E-state index is 0.259. The van der Waals surface area contributed by atoms with Crippen LogP contribution in [0.2, 0.25) is 0 Å². The van der Waals surface area contributed by atoms with Crippen molar-refractivity contribution >= 4 is 5.91 Å². The van der Waals surface area contributed by atoms with Crippen molar-refractivity contribution in [2.45, 2.75) is 38.7 Å². The van der Waals surface area contributed by atoms with E-state index >= 15 is 0 Å². The highest BCUT2D eigenvalue weighted by Crippen LogP contribution is 2.09. The zero-order valence-electron chi connectivity index (χ0n) is 12.8. The van der Waals surface area contributed by atoms with Crippen molar-refractivity contribution in [3.8, 4) is 0 Å². The van der Waals surface area contributed by atoms with Crippen LogP contribution in [0.4, 0.5) is 0 Å². The maximum atomic E-state index is 12.1. The summed E-state index contributed by atoms with van der Waals surface area (Å²) in [6, 6.07) is 0. The van der Waals surface area contributed by atoms with E-state index in [1.54, 1.807) is 0 Å². The molecule has 0 aromatic rings. The molecular weight excluding hydrogens is 254 g/mol. The Kier molecular flexibility index (Phi) is 6.76. The first-order chi connectivity index (χ1) is 9.79. The summed E-state index contributed by atoms with van der Waals surface area (Å²) in [4.78, 5) is 16.6. The smallest absolute Gasteiger partial charge is 0.224 e. The SMILES string of the molecule is CCCN1CCN(C(=O)CCOC2CCNCC2)CC1. The molecule has 116 valence electrons. The number of amides is 1. The van der Waals surface area contributed by atoms with Gasteiger partial charge in [0.2, 0.25) is 5.91 Å². The van der Waals surface area contributed by atoms with E-state index in [1.165, 1.54) is 6.42 Å². The van der Waals surface area contributed by atoms with Crippen molar-refractivity contribution in [2.24, 2.45) is 0 Å². The van der Waals surface area contributed by atoms with E-state index in [2.05, 4.69) is 17.1 Å². The van der Waals surface area contributed by atoms with Gasteiger partial charge in [-0.2, -0.15) is 0 Å². The molecule has 2 rings (SSSR count). The van der Waals surface area contributed by atoms with Crippen LogP contribution in [0.15, 0.2) is 0 Å². The second-order valence-corrected chi connectivity index (χ2v) is 5.79. The number of nitrogens with zero attached hydrogens (tertiary/aromatic N) is 2. The minimum Gasteiger partial charge on any atom is -0.378 e. The van der Waals surface area contributed by atoms with Crippen LogP contribution in [0.1, 0.15) is 32.6 Å². The van der Waals surface area contributed by atoms with Gasteiger partial charge < -0.3 is 15.0 Å². The van der Waals surface area contributed by atoms with Gasteiger partial charge in [0, 0.05) is 26.2 Å². The molecule has 0 radical (unpaired) electrons. The lowest BCUT2D eigenvalue weighted by molar-refractivity contribution is -0.134. The number of rotatable bonds is 6. The Bertz CT molecular complexity index is 285. The zero-order chi connectivity index (χ0) is 14.2.